The normalized spacial score (nSPS) is 18.6. The molecule has 1 aromatic heterocycles. The van der Waals surface area contributed by atoms with Gasteiger partial charge >= 0.3 is 0 Å². The SMILES string of the molecule is CCC1(CC)CCN(c2ncnc(N)c2C)C1. The molecule has 17 heavy (non-hydrogen) atoms. The van der Waals surface area contributed by atoms with Crippen LogP contribution in [0.5, 0.6) is 0 Å². The maximum Gasteiger partial charge on any atom is 0.137 e. The average Bonchev–Trinajstić information content (AvgIpc) is 2.78. The number of nitrogen functional groups attached to an aromatic ring is 1. The minimum absolute atomic E-state index is 0.464. The summed E-state index contributed by atoms with van der Waals surface area (Å²) in [4.78, 5) is 10.8. The van der Waals surface area contributed by atoms with Crippen LogP contribution in [0.3, 0.4) is 0 Å². The summed E-state index contributed by atoms with van der Waals surface area (Å²) >= 11 is 0. The second-order valence-corrected chi connectivity index (χ2v) is 5.09. The second-order valence-electron chi connectivity index (χ2n) is 5.09. The lowest BCUT2D eigenvalue weighted by molar-refractivity contribution is 0.301. The Morgan fingerprint density at radius 1 is 1.35 bits per heavy atom. The van der Waals surface area contributed by atoms with Gasteiger partial charge < -0.3 is 10.6 Å². The Kier molecular flexibility index (Phi) is 3.22. The number of hydrogen-bond donors (Lipinski definition) is 1. The highest BCUT2D eigenvalue weighted by molar-refractivity contribution is 5.56. The van der Waals surface area contributed by atoms with E-state index >= 15 is 0 Å². The highest BCUT2D eigenvalue weighted by atomic mass is 15.2. The first-order valence-electron chi connectivity index (χ1n) is 6.44. The van der Waals surface area contributed by atoms with Gasteiger partial charge in [0, 0.05) is 18.7 Å². The monoisotopic (exact) mass is 234 g/mol. The molecule has 1 saturated heterocycles. The van der Waals surface area contributed by atoms with Gasteiger partial charge in [-0.05, 0) is 31.6 Å². The van der Waals surface area contributed by atoms with Crippen LogP contribution in [0.15, 0.2) is 6.33 Å². The quantitative estimate of drug-likeness (QED) is 0.872. The lowest BCUT2D eigenvalue weighted by Crippen LogP contribution is -2.27. The molecule has 1 aliphatic rings. The highest BCUT2D eigenvalue weighted by Crippen LogP contribution is 2.39. The summed E-state index contributed by atoms with van der Waals surface area (Å²) < 4.78 is 0. The van der Waals surface area contributed by atoms with Gasteiger partial charge in [0.05, 0.1) is 0 Å². The minimum Gasteiger partial charge on any atom is -0.383 e. The topological polar surface area (TPSA) is 55.0 Å². The van der Waals surface area contributed by atoms with Crippen LogP contribution in [0.25, 0.3) is 0 Å². The fourth-order valence-electron chi connectivity index (χ4n) is 2.72. The van der Waals surface area contributed by atoms with Crippen molar-refractivity contribution in [3.05, 3.63) is 11.9 Å². The Morgan fingerprint density at radius 3 is 2.65 bits per heavy atom. The molecule has 94 valence electrons. The van der Waals surface area contributed by atoms with Crippen molar-refractivity contribution < 1.29 is 0 Å². The first-order valence-corrected chi connectivity index (χ1v) is 6.44. The van der Waals surface area contributed by atoms with Crippen LogP contribution >= 0.6 is 0 Å². The molecule has 0 aliphatic carbocycles. The zero-order valence-electron chi connectivity index (χ0n) is 11.0. The van der Waals surface area contributed by atoms with E-state index in [2.05, 4.69) is 28.7 Å². The number of nitrogens with zero attached hydrogens (tertiary/aromatic N) is 3. The Labute approximate surface area is 103 Å². The Bertz CT molecular complexity index is 398. The predicted molar refractivity (Wildman–Crippen MR) is 71.0 cm³/mol. The van der Waals surface area contributed by atoms with Gasteiger partial charge in [0.2, 0.25) is 0 Å². The molecule has 0 saturated carbocycles. The number of aromatic nitrogens is 2. The van der Waals surface area contributed by atoms with Gasteiger partial charge in [-0.15, -0.1) is 0 Å². The first kappa shape index (κ1) is 12.1. The van der Waals surface area contributed by atoms with Crippen molar-refractivity contribution in [2.24, 2.45) is 5.41 Å². The summed E-state index contributed by atoms with van der Waals surface area (Å²) in [5.41, 5.74) is 7.32. The summed E-state index contributed by atoms with van der Waals surface area (Å²) in [7, 11) is 0. The fourth-order valence-corrected chi connectivity index (χ4v) is 2.72. The van der Waals surface area contributed by atoms with Gasteiger partial charge in [-0.25, -0.2) is 9.97 Å². The Morgan fingerprint density at radius 2 is 2.06 bits per heavy atom. The maximum absolute atomic E-state index is 5.84. The molecule has 4 heteroatoms. The van der Waals surface area contributed by atoms with Crippen LogP contribution in [-0.4, -0.2) is 23.1 Å². The van der Waals surface area contributed by atoms with Gasteiger partial charge in [-0.2, -0.15) is 0 Å². The zero-order chi connectivity index (χ0) is 12.5. The van der Waals surface area contributed by atoms with Crippen LogP contribution in [0.4, 0.5) is 11.6 Å². The first-order chi connectivity index (χ1) is 8.12. The van der Waals surface area contributed by atoms with E-state index < -0.39 is 0 Å². The lowest BCUT2D eigenvalue weighted by Gasteiger charge is -2.27. The third-order valence-electron chi connectivity index (χ3n) is 4.33. The smallest absolute Gasteiger partial charge is 0.137 e. The molecule has 0 aromatic carbocycles. The van der Waals surface area contributed by atoms with Crippen LogP contribution in [-0.2, 0) is 0 Å². The third-order valence-corrected chi connectivity index (χ3v) is 4.33. The molecule has 2 rings (SSSR count). The summed E-state index contributed by atoms with van der Waals surface area (Å²) in [5, 5.41) is 0. The number of anilines is 2. The largest absolute Gasteiger partial charge is 0.383 e. The third kappa shape index (κ3) is 2.08. The molecule has 2 heterocycles. The molecular formula is C13H22N4. The zero-order valence-corrected chi connectivity index (χ0v) is 11.0. The predicted octanol–water partition coefficient (Wildman–Crippen LogP) is 2.38. The summed E-state index contributed by atoms with van der Waals surface area (Å²) in [6, 6.07) is 0. The van der Waals surface area contributed by atoms with Crippen molar-refractivity contribution in [1.29, 1.82) is 0 Å². The second kappa shape index (κ2) is 4.51. The Hall–Kier alpha value is -1.32. The molecule has 0 unspecified atom stereocenters. The molecule has 0 spiro atoms. The minimum atomic E-state index is 0.464. The molecule has 1 aliphatic heterocycles. The van der Waals surface area contributed by atoms with Crippen LogP contribution in [0.1, 0.15) is 38.7 Å². The molecule has 0 radical (unpaired) electrons. The van der Waals surface area contributed by atoms with Crippen molar-refractivity contribution in [1.82, 2.24) is 9.97 Å². The van der Waals surface area contributed by atoms with Gasteiger partial charge in [-0.3, -0.25) is 0 Å². The molecule has 1 fully saturated rings. The maximum atomic E-state index is 5.84. The van der Waals surface area contributed by atoms with E-state index in [0.717, 1.165) is 24.5 Å². The fraction of sp³-hybridized carbons (Fsp3) is 0.692. The van der Waals surface area contributed by atoms with E-state index in [1.165, 1.54) is 19.3 Å². The summed E-state index contributed by atoms with van der Waals surface area (Å²) in [6.07, 6.45) is 5.29. The molecule has 2 N–H and O–H groups in total. The van der Waals surface area contributed by atoms with Gasteiger partial charge in [-0.1, -0.05) is 13.8 Å². The average molecular weight is 234 g/mol. The molecule has 4 nitrogen and oxygen atoms in total. The summed E-state index contributed by atoms with van der Waals surface area (Å²) in [6.45, 7) is 8.75. The molecule has 0 atom stereocenters. The van der Waals surface area contributed by atoms with E-state index in [4.69, 9.17) is 5.73 Å². The van der Waals surface area contributed by atoms with Gasteiger partial charge in [0.25, 0.3) is 0 Å². The number of nitrogens with two attached hydrogens (primary N) is 1. The van der Waals surface area contributed by atoms with Gasteiger partial charge in [0.15, 0.2) is 0 Å². The Balaban J connectivity index is 2.23. The van der Waals surface area contributed by atoms with Crippen LogP contribution in [0.2, 0.25) is 0 Å². The molecule has 0 amide bonds. The lowest BCUT2D eigenvalue weighted by atomic mass is 9.82. The van der Waals surface area contributed by atoms with Crippen molar-refractivity contribution in [2.45, 2.75) is 40.0 Å². The van der Waals surface area contributed by atoms with Crippen molar-refractivity contribution in [3.63, 3.8) is 0 Å². The van der Waals surface area contributed by atoms with Crippen molar-refractivity contribution in [2.75, 3.05) is 23.7 Å². The molecular weight excluding hydrogens is 212 g/mol. The number of rotatable bonds is 3. The van der Waals surface area contributed by atoms with E-state index in [1.54, 1.807) is 6.33 Å². The van der Waals surface area contributed by atoms with E-state index in [-0.39, 0.29) is 0 Å². The number of hydrogen-bond acceptors (Lipinski definition) is 4. The van der Waals surface area contributed by atoms with Crippen LogP contribution in [0, 0.1) is 12.3 Å². The molecule has 1 aromatic rings. The van der Waals surface area contributed by atoms with E-state index in [9.17, 15) is 0 Å². The van der Waals surface area contributed by atoms with Crippen LogP contribution < -0.4 is 10.6 Å². The highest BCUT2D eigenvalue weighted by Gasteiger charge is 2.36. The van der Waals surface area contributed by atoms with E-state index in [0.29, 0.717) is 11.2 Å². The van der Waals surface area contributed by atoms with Crippen molar-refractivity contribution >= 4 is 11.6 Å². The summed E-state index contributed by atoms with van der Waals surface area (Å²) in [5.74, 6) is 1.61. The molecule has 0 bridgehead atoms. The van der Waals surface area contributed by atoms with Gasteiger partial charge in [0.1, 0.15) is 18.0 Å². The van der Waals surface area contributed by atoms with E-state index in [1.807, 2.05) is 6.92 Å². The van der Waals surface area contributed by atoms with Crippen molar-refractivity contribution in [3.8, 4) is 0 Å². The standard InChI is InChI=1S/C13H22N4/c1-4-13(5-2)6-7-17(8-13)12-10(3)11(14)15-9-16-12/h9H,4-8H2,1-3H3,(H2,14,15,16).